The van der Waals surface area contributed by atoms with Gasteiger partial charge in [0.25, 0.3) is 0 Å². The van der Waals surface area contributed by atoms with E-state index in [1.807, 2.05) is 30.3 Å². The number of carbonyl (C=O) groups is 1. The predicted octanol–water partition coefficient (Wildman–Crippen LogP) is 5.01. The summed E-state index contributed by atoms with van der Waals surface area (Å²) in [5.41, 5.74) is 3.11. The van der Waals surface area contributed by atoms with Crippen molar-refractivity contribution in [3.8, 4) is 0 Å². The van der Waals surface area contributed by atoms with Crippen molar-refractivity contribution in [2.24, 2.45) is 0 Å². The third-order valence-corrected chi connectivity index (χ3v) is 5.03. The Kier molecular flexibility index (Phi) is 4.87. The summed E-state index contributed by atoms with van der Waals surface area (Å²) in [6.07, 6.45) is 4.20. The molecule has 3 aromatic carbocycles. The number of carbonyl (C=O) groups excluding carboxylic acids is 1. The first-order valence-corrected chi connectivity index (χ1v) is 9.40. The van der Waals surface area contributed by atoms with E-state index in [2.05, 4.69) is 46.6 Å². The van der Waals surface area contributed by atoms with Crippen LogP contribution in [0.4, 0.5) is 11.4 Å². The number of nitrogens with one attached hydrogen (secondary N) is 1. The van der Waals surface area contributed by atoms with Crippen LogP contribution in [-0.4, -0.2) is 19.0 Å². The zero-order valence-corrected chi connectivity index (χ0v) is 14.9. The minimum Gasteiger partial charge on any atom is -0.371 e. The van der Waals surface area contributed by atoms with Crippen molar-refractivity contribution in [3.05, 3.63) is 72.3 Å². The van der Waals surface area contributed by atoms with Gasteiger partial charge in [0.1, 0.15) is 0 Å². The molecule has 0 unspecified atom stereocenters. The van der Waals surface area contributed by atoms with Gasteiger partial charge in [-0.15, -0.1) is 0 Å². The van der Waals surface area contributed by atoms with E-state index in [0.29, 0.717) is 6.42 Å². The molecule has 4 rings (SSSR count). The van der Waals surface area contributed by atoms with Gasteiger partial charge < -0.3 is 10.2 Å². The van der Waals surface area contributed by atoms with Gasteiger partial charge in [-0.25, -0.2) is 0 Å². The van der Waals surface area contributed by atoms with Crippen LogP contribution in [0.25, 0.3) is 10.8 Å². The molecule has 1 aliphatic rings. The number of fused-ring (bicyclic) bond motifs is 1. The fourth-order valence-corrected chi connectivity index (χ4v) is 3.67. The number of benzene rings is 3. The van der Waals surface area contributed by atoms with Gasteiger partial charge in [0, 0.05) is 24.5 Å². The molecule has 1 heterocycles. The van der Waals surface area contributed by atoms with Crippen molar-refractivity contribution in [1.29, 1.82) is 0 Å². The molecule has 0 aromatic heterocycles. The second-order valence-electron chi connectivity index (χ2n) is 7.00. The molecule has 132 valence electrons. The van der Waals surface area contributed by atoms with Gasteiger partial charge >= 0.3 is 0 Å². The molecular formula is C23H24N2O. The van der Waals surface area contributed by atoms with Gasteiger partial charge in [-0.1, -0.05) is 48.5 Å². The van der Waals surface area contributed by atoms with Crippen LogP contribution in [0.2, 0.25) is 0 Å². The standard InChI is InChI=1S/C23H24N2O/c26-23(16-18-11-12-19-7-2-3-8-20(19)15-18)24-21-9-6-10-22(17-21)25-13-4-1-5-14-25/h2-3,6-12,15,17H,1,4-5,13-14,16H2,(H,24,26). The maximum Gasteiger partial charge on any atom is 0.228 e. The van der Waals surface area contributed by atoms with Crippen molar-refractivity contribution in [1.82, 2.24) is 0 Å². The average Bonchev–Trinajstić information content (AvgIpc) is 2.69. The first-order valence-electron chi connectivity index (χ1n) is 9.40. The van der Waals surface area contributed by atoms with Crippen LogP contribution in [0, 0.1) is 0 Å². The Morgan fingerprint density at radius 3 is 2.50 bits per heavy atom. The molecule has 0 aliphatic carbocycles. The average molecular weight is 344 g/mol. The molecule has 0 radical (unpaired) electrons. The summed E-state index contributed by atoms with van der Waals surface area (Å²) in [5.74, 6) is 0.0241. The minimum atomic E-state index is 0.0241. The number of piperidine rings is 1. The molecular weight excluding hydrogens is 320 g/mol. The Morgan fingerprint density at radius 1 is 0.846 bits per heavy atom. The van der Waals surface area contributed by atoms with E-state index < -0.39 is 0 Å². The van der Waals surface area contributed by atoms with Gasteiger partial charge in [-0.3, -0.25) is 4.79 Å². The first kappa shape index (κ1) is 16.6. The van der Waals surface area contributed by atoms with Crippen molar-refractivity contribution in [3.63, 3.8) is 0 Å². The smallest absolute Gasteiger partial charge is 0.228 e. The second kappa shape index (κ2) is 7.61. The molecule has 1 aliphatic heterocycles. The van der Waals surface area contributed by atoms with E-state index >= 15 is 0 Å². The number of nitrogens with zero attached hydrogens (tertiary/aromatic N) is 1. The monoisotopic (exact) mass is 344 g/mol. The molecule has 3 aromatic rings. The lowest BCUT2D eigenvalue weighted by Gasteiger charge is -2.29. The molecule has 1 amide bonds. The van der Waals surface area contributed by atoms with Crippen LogP contribution in [0.5, 0.6) is 0 Å². The summed E-state index contributed by atoms with van der Waals surface area (Å²) in [5, 5.41) is 5.42. The van der Waals surface area contributed by atoms with Crippen molar-refractivity contribution in [2.75, 3.05) is 23.3 Å². The van der Waals surface area contributed by atoms with Crippen molar-refractivity contribution < 1.29 is 4.79 Å². The van der Waals surface area contributed by atoms with Crippen LogP contribution in [-0.2, 0) is 11.2 Å². The lowest BCUT2D eigenvalue weighted by atomic mass is 10.0. The summed E-state index contributed by atoms with van der Waals surface area (Å²) in [7, 11) is 0. The molecule has 0 spiro atoms. The highest BCUT2D eigenvalue weighted by Crippen LogP contribution is 2.23. The molecule has 3 nitrogen and oxygen atoms in total. The topological polar surface area (TPSA) is 32.3 Å². The molecule has 0 bridgehead atoms. The molecule has 26 heavy (non-hydrogen) atoms. The summed E-state index contributed by atoms with van der Waals surface area (Å²) >= 11 is 0. The van der Waals surface area contributed by atoms with Crippen LogP contribution in [0.3, 0.4) is 0 Å². The zero-order chi connectivity index (χ0) is 17.8. The highest BCUT2D eigenvalue weighted by atomic mass is 16.1. The lowest BCUT2D eigenvalue weighted by Crippen LogP contribution is -2.29. The SMILES string of the molecule is O=C(Cc1ccc2ccccc2c1)Nc1cccc(N2CCCCC2)c1. The fourth-order valence-electron chi connectivity index (χ4n) is 3.67. The van der Waals surface area contributed by atoms with E-state index in [0.717, 1.165) is 24.3 Å². The summed E-state index contributed by atoms with van der Waals surface area (Å²) in [6.45, 7) is 2.21. The van der Waals surface area contributed by atoms with Crippen LogP contribution in [0.15, 0.2) is 66.7 Å². The number of anilines is 2. The van der Waals surface area contributed by atoms with Gasteiger partial charge in [0.15, 0.2) is 0 Å². The van der Waals surface area contributed by atoms with E-state index in [1.165, 1.54) is 35.7 Å². The third kappa shape index (κ3) is 3.88. The Morgan fingerprint density at radius 2 is 1.65 bits per heavy atom. The zero-order valence-electron chi connectivity index (χ0n) is 14.9. The number of hydrogen-bond donors (Lipinski definition) is 1. The second-order valence-corrected chi connectivity index (χ2v) is 7.00. The lowest BCUT2D eigenvalue weighted by molar-refractivity contribution is -0.115. The largest absolute Gasteiger partial charge is 0.371 e. The van der Waals surface area contributed by atoms with Gasteiger partial charge in [-0.05, 0) is 53.8 Å². The maximum absolute atomic E-state index is 12.5. The van der Waals surface area contributed by atoms with Crippen LogP contribution < -0.4 is 10.2 Å². The number of rotatable bonds is 4. The maximum atomic E-state index is 12.5. The summed E-state index contributed by atoms with van der Waals surface area (Å²) < 4.78 is 0. The third-order valence-electron chi connectivity index (χ3n) is 5.03. The fraction of sp³-hybridized carbons (Fsp3) is 0.261. The van der Waals surface area contributed by atoms with E-state index in [1.54, 1.807) is 0 Å². The molecule has 3 heteroatoms. The highest BCUT2D eigenvalue weighted by Gasteiger charge is 2.12. The molecule has 0 saturated carbocycles. The summed E-state index contributed by atoms with van der Waals surface area (Å²) in [6, 6.07) is 22.6. The van der Waals surface area contributed by atoms with E-state index in [9.17, 15) is 4.79 Å². The molecule has 1 N–H and O–H groups in total. The molecule has 1 fully saturated rings. The van der Waals surface area contributed by atoms with Gasteiger partial charge in [-0.2, -0.15) is 0 Å². The van der Waals surface area contributed by atoms with E-state index in [4.69, 9.17) is 0 Å². The molecule has 0 atom stereocenters. The Hall–Kier alpha value is -2.81. The molecule has 1 saturated heterocycles. The minimum absolute atomic E-state index is 0.0241. The van der Waals surface area contributed by atoms with Gasteiger partial charge in [0.2, 0.25) is 5.91 Å². The Balaban J connectivity index is 1.43. The van der Waals surface area contributed by atoms with Crippen molar-refractivity contribution >= 4 is 28.1 Å². The van der Waals surface area contributed by atoms with E-state index in [-0.39, 0.29) is 5.91 Å². The van der Waals surface area contributed by atoms with Crippen molar-refractivity contribution in [2.45, 2.75) is 25.7 Å². The van der Waals surface area contributed by atoms with Crippen LogP contribution in [0.1, 0.15) is 24.8 Å². The number of hydrogen-bond acceptors (Lipinski definition) is 2. The Labute approximate surface area is 154 Å². The van der Waals surface area contributed by atoms with Crippen LogP contribution >= 0.6 is 0 Å². The Bertz CT molecular complexity index is 913. The first-order chi connectivity index (χ1) is 12.8. The highest BCUT2D eigenvalue weighted by molar-refractivity contribution is 5.93. The normalized spacial score (nSPS) is 14.4. The quantitative estimate of drug-likeness (QED) is 0.721. The van der Waals surface area contributed by atoms with Gasteiger partial charge in [0.05, 0.1) is 6.42 Å². The summed E-state index contributed by atoms with van der Waals surface area (Å²) in [4.78, 5) is 14.9. The predicted molar refractivity (Wildman–Crippen MR) is 109 cm³/mol. The number of amides is 1.